The Morgan fingerprint density at radius 3 is 2.89 bits per heavy atom. The van der Waals surface area contributed by atoms with Crippen molar-refractivity contribution >= 4 is 37.6 Å². The van der Waals surface area contributed by atoms with E-state index in [-0.39, 0.29) is 20.9 Å². The van der Waals surface area contributed by atoms with Crippen molar-refractivity contribution in [3.8, 4) is 0 Å². The molecule has 0 radical (unpaired) electrons. The zero-order valence-electron chi connectivity index (χ0n) is 10.7. The monoisotopic (exact) mass is 312 g/mol. The number of carbonyl (C=O) groups is 1. The Labute approximate surface area is 112 Å². The summed E-state index contributed by atoms with van der Waals surface area (Å²) >= 11 is -0.0830. The molecule has 1 heterocycles. The van der Waals surface area contributed by atoms with Gasteiger partial charge in [0.2, 0.25) is 0 Å². The van der Waals surface area contributed by atoms with E-state index in [2.05, 4.69) is 18.6 Å². The molecule has 0 bridgehead atoms. The van der Waals surface area contributed by atoms with Crippen molar-refractivity contribution in [3.63, 3.8) is 0 Å². The Hall–Kier alpha value is -1.23. The predicted molar refractivity (Wildman–Crippen MR) is 72.9 cm³/mol. The minimum absolute atomic E-state index is 0.0626. The molecule has 0 aliphatic carbocycles. The standard InChI is InChI=1S/C12H16N4OSe/c1-4-13-12(2,3)11(17)14-8-6-5-7-9-10(8)16-18-15-9/h5-7,13H,4H2,1-3H3,(H,14,17). The van der Waals surface area contributed by atoms with E-state index in [0.29, 0.717) is 0 Å². The summed E-state index contributed by atoms with van der Waals surface area (Å²) in [7, 11) is 0. The van der Waals surface area contributed by atoms with Crippen molar-refractivity contribution < 1.29 is 4.79 Å². The molecule has 1 aromatic carbocycles. The van der Waals surface area contributed by atoms with E-state index in [0.717, 1.165) is 23.3 Å². The quantitative estimate of drug-likeness (QED) is 0.827. The summed E-state index contributed by atoms with van der Waals surface area (Å²) in [5, 5.41) is 6.07. The second kappa shape index (κ2) is 5.18. The Bertz CT molecular complexity index is 564. The number of hydrogen-bond donors (Lipinski definition) is 2. The molecule has 2 aromatic rings. The van der Waals surface area contributed by atoms with Gasteiger partial charge in [0, 0.05) is 0 Å². The summed E-state index contributed by atoms with van der Waals surface area (Å²) < 4.78 is 8.64. The van der Waals surface area contributed by atoms with Gasteiger partial charge in [-0.15, -0.1) is 0 Å². The van der Waals surface area contributed by atoms with Gasteiger partial charge in [-0.05, 0) is 0 Å². The second-order valence-electron chi connectivity index (χ2n) is 4.55. The molecule has 0 fully saturated rings. The third kappa shape index (κ3) is 2.61. The first-order chi connectivity index (χ1) is 8.54. The number of carbonyl (C=O) groups excluding carboxylic acids is 1. The Morgan fingerprint density at radius 2 is 2.17 bits per heavy atom. The fraction of sp³-hybridized carbons (Fsp3) is 0.417. The van der Waals surface area contributed by atoms with Crippen LogP contribution in [0.4, 0.5) is 5.69 Å². The molecule has 1 amide bonds. The van der Waals surface area contributed by atoms with E-state index in [1.165, 1.54) is 0 Å². The Kier molecular flexibility index (Phi) is 3.80. The van der Waals surface area contributed by atoms with Crippen LogP contribution in [0.5, 0.6) is 0 Å². The van der Waals surface area contributed by atoms with Crippen molar-refractivity contribution in [2.75, 3.05) is 11.9 Å². The van der Waals surface area contributed by atoms with E-state index in [4.69, 9.17) is 0 Å². The van der Waals surface area contributed by atoms with Gasteiger partial charge in [0.1, 0.15) is 0 Å². The zero-order chi connectivity index (χ0) is 13.2. The van der Waals surface area contributed by atoms with Crippen LogP contribution in [-0.2, 0) is 4.79 Å². The van der Waals surface area contributed by atoms with Crippen molar-refractivity contribution in [2.45, 2.75) is 26.3 Å². The van der Waals surface area contributed by atoms with Gasteiger partial charge < -0.3 is 0 Å². The first-order valence-corrected chi connectivity index (χ1v) is 7.35. The second-order valence-corrected chi connectivity index (χ2v) is 5.66. The van der Waals surface area contributed by atoms with Crippen LogP contribution >= 0.6 is 0 Å². The number of rotatable bonds is 4. The number of nitrogens with one attached hydrogen (secondary N) is 2. The van der Waals surface area contributed by atoms with Crippen LogP contribution in [0.15, 0.2) is 18.2 Å². The number of aromatic nitrogens is 2. The molecule has 0 saturated carbocycles. The number of likely N-dealkylation sites (N-methyl/N-ethyl adjacent to an activating group) is 1. The minimum atomic E-state index is -0.599. The molecule has 18 heavy (non-hydrogen) atoms. The molecule has 1 aromatic heterocycles. The van der Waals surface area contributed by atoms with E-state index in [9.17, 15) is 4.79 Å². The molecule has 6 heteroatoms. The number of fused-ring (bicyclic) bond motifs is 1. The molecule has 96 valence electrons. The number of nitrogens with zero attached hydrogens (tertiary/aromatic N) is 2. The van der Waals surface area contributed by atoms with E-state index < -0.39 is 5.54 Å². The van der Waals surface area contributed by atoms with Crippen LogP contribution in [0.1, 0.15) is 20.8 Å². The normalized spacial score (nSPS) is 11.7. The molecule has 0 aliphatic rings. The average Bonchev–Trinajstić information content (AvgIpc) is 2.78. The van der Waals surface area contributed by atoms with Crippen molar-refractivity contribution in [1.29, 1.82) is 0 Å². The zero-order valence-corrected chi connectivity index (χ0v) is 12.4. The van der Waals surface area contributed by atoms with Gasteiger partial charge in [-0.3, -0.25) is 0 Å². The fourth-order valence-electron chi connectivity index (χ4n) is 1.71. The van der Waals surface area contributed by atoms with E-state index >= 15 is 0 Å². The first kappa shape index (κ1) is 13.2. The topological polar surface area (TPSA) is 66.9 Å². The van der Waals surface area contributed by atoms with Gasteiger partial charge in [-0.25, -0.2) is 0 Å². The fourth-order valence-corrected chi connectivity index (χ4v) is 2.86. The van der Waals surface area contributed by atoms with Crippen LogP contribution < -0.4 is 10.6 Å². The molecule has 0 saturated heterocycles. The molecule has 0 unspecified atom stereocenters. The number of benzene rings is 1. The van der Waals surface area contributed by atoms with E-state index in [1.807, 2.05) is 39.0 Å². The number of amides is 1. The molecule has 5 nitrogen and oxygen atoms in total. The predicted octanol–water partition coefficient (Wildman–Crippen LogP) is 1.01. The Morgan fingerprint density at radius 1 is 1.39 bits per heavy atom. The maximum atomic E-state index is 12.2. The van der Waals surface area contributed by atoms with Crippen LogP contribution in [0.2, 0.25) is 0 Å². The summed E-state index contributed by atoms with van der Waals surface area (Å²) in [4.78, 5) is 12.2. The summed E-state index contributed by atoms with van der Waals surface area (Å²) in [6, 6.07) is 5.66. The molecule has 2 rings (SSSR count). The van der Waals surface area contributed by atoms with Gasteiger partial charge in [0.15, 0.2) is 0 Å². The third-order valence-corrected chi connectivity index (χ3v) is 3.86. The summed E-state index contributed by atoms with van der Waals surface area (Å²) in [5.74, 6) is -0.0626. The van der Waals surface area contributed by atoms with Crippen molar-refractivity contribution in [1.82, 2.24) is 13.3 Å². The van der Waals surface area contributed by atoms with Crippen LogP contribution in [0.25, 0.3) is 11.0 Å². The van der Waals surface area contributed by atoms with Gasteiger partial charge in [-0.1, -0.05) is 0 Å². The van der Waals surface area contributed by atoms with Crippen molar-refractivity contribution in [2.24, 2.45) is 0 Å². The number of anilines is 1. The van der Waals surface area contributed by atoms with E-state index in [1.54, 1.807) is 0 Å². The van der Waals surface area contributed by atoms with Gasteiger partial charge in [0.25, 0.3) is 0 Å². The third-order valence-electron chi connectivity index (χ3n) is 2.72. The van der Waals surface area contributed by atoms with Crippen LogP contribution in [-0.4, -0.2) is 40.9 Å². The number of hydrogen-bond acceptors (Lipinski definition) is 4. The summed E-state index contributed by atoms with van der Waals surface area (Å²) in [5.41, 5.74) is 1.82. The molecule has 2 N–H and O–H groups in total. The Balaban J connectivity index is 2.24. The van der Waals surface area contributed by atoms with Gasteiger partial charge in [0.05, 0.1) is 0 Å². The van der Waals surface area contributed by atoms with Crippen molar-refractivity contribution in [3.05, 3.63) is 18.2 Å². The summed E-state index contributed by atoms with van der Waals surface area (Å²) in [6.45, 7) is 6.45. The average molecular weight is 311 g/mol. The summed E-state index contributed by atoms with van der Waals surface area (Å²) in [6.07, 6.45) is 0. The molecule has 0 aliphatic heterocycles. The molecule has 0 spiro atoms. The maximum absolute atomic E-state index is 12.2. The molecular formula is C12H16N4OSe. The molecule has 0 atom stereocenters. The van der Waals surface area contributed by atoms with Gasteiger partial charge in [-0.2, -0.15) is 0 Å². The SMILES string of the molecule is CCNC(C)(C)C(=O)Nc1cccc2n[se]nc12. The first-order valence-electron chi connectivity index (χ1n) is 5.82. The molecular weight excluding hydrogens is 295 g/mol. The van der Waals surface area contributed by atoms with Crippen LogP contribution in [0, 0.1) is 0 Å². The van der Waals surface area contributed by atoms with Crippen LogP contribution in [0.3, 0.4) is 0 Å². The van der Waals surface area contributed by atoms with Gasteiger partial charge >= 0.3 is 112 Å².